The van der Waals surface area contributed by atoms with Crippen molar-refractivity contribution >= 4 is 23.2 Å². The Morgan fingerprint density at radius 3 is 3.04 bits per heavy atom. The van der Waals surface area contributed by atoms with Gasteiger partial charge in [-0.25, -0.2) is 0 Å². The molecule has 4 rings (SSSR count). The first-order valence-corrected chi connectivity index (χ1v) is 8.26. The Bertz CT molecular complexity index is 941. The second kappa shape index (κ2) is 6.60. The van der Waals surface area contributed by atoms with E-state index in [1.165, 1.54) is 0 Å². The molecule has 128 valence electrons. The number of carbonyl (C=O) groups excluding carboxylic acids is 1. The van der Waals surface area contributed by atoms with Crippen molar-refractivity contribution in [3.63, 3.8) is 0 Å². The van der Waals surface area contributed by atoms with Crippen molar-refractivity contribution in [3.8, 4) is 11.5 Å². The number of benzene rings is 1. The van der Waals surface area contributed by atoms with Gasteiger partial charge in [-0.3, -0.25) is 9.20 Å². The molecule has 0 spiro atoms. The summed E-state index contributed by atoms with van der Waals surface area (Å²) in [4.78, 5) is 12.4. The number of rotatable bonds is 4. The van der Waals surface area contributed by atoms with Crippen LogP contribution in [0, 0.1) is 0 Å². The molecular weight excluding hydrogens is 344 g/mol. The average molecular weight is 359 g/mol. The van der Waals surface area contributed by atoms with Gasteiger partial charge in [0.1, 0.15) is 19.0 Å². The molecule has 1 aliphatic heterocycles. The third kappa shape index (κ3) is 3.10. The Morgan fingerprint density at radius 1 is 1.24 bits per heavy atom. The topological polar surface area (TPSA) is 77.8 Å². The van der Waals surface area contributed by atoms with E-state index < -0.39 is 0 Å². The maximum absolute atomic E-state index is 12.4. The van der Waals surface area contributed by atoms with Crippen molar-refractivity contribution in [1.82, 2.24) is 19.9 Å². The molecule has 0 saturated carbocycles. The summed E-state index contributed by atoms with van der Waals surface area (Å²) in [5, 5.41) is 11.5. The highest BCUT2D eigenvalue weighted by Crippen LogP contribution is 2.38. The normalized spacial score (nSPS) is 13.0. The molecule has 7 nitrogen and oxygen atoms in total. The molecule has 1 aromatic carbocycles. The fraction of sp³-hybridized carbons (Fsp3) is 0.235. The number of hydrogen-bond acceptors (Lipinski definition) is 5. The predicted molar refractivity (Wildman–Crippen MR) is 91.5 cm³/mol. The van der Waals surface area contributed by atoms with E-state index in [-0.39, 0.29) is 5.91 Å². The van der Waals surface area contributed by atoms with Crippen molar-refractivity contribution in [2.24, 2.45) is 0 Å². The van der Waals surface area contributed by atoms with Gasteiger partial charge in [-0.1, -0.05) is 17.7 Å². The lowest BCUT2D eigenvalue weighted by Crippen LogP contribution is -2.26. The summed E-state index contributed by atoms with van der Waals surface area (Å²) in [7, 11) is 0. The number of carbonyl (C=O) groups is 1. The van der Waals surface area contributed by atoms with Crippen molar-refractivity contribution in [1.29, 1.82) is 0 Å². The minimum atomic E-state index is -0.229. The first-order valence-electron chi connectivity index (χ1n) is 7.88. The molecular formula is C17H15ClN4O3. The highest BCUT2D eigenvalue weighted by atomic mass is 35.5. The number of aromatic nitrogens is 3. The SMILES string of the molecule is O=C(NCCc1nnc2ccccn12)c1cc(Cl)c2c(c1)OCCO2. The average Bonchev–Trinajstić information content (AvgIpc) is 3.05. The number of ether oxygens (including phenoxy) is 2. The first-order chi connectivity index (χ1) is 12.2. The van der Waals surface area contributed by atoms with Gasteiger partial charge in [0, 0.05) is 24.7 Å². The second-order valence-corrected chi connectivity index (χ2v) is 5.94. The van der Waals surface area contributed by atoms with Crippen LogP contribution >= 0.6 is 11.6 Å². The van der Waals surface area contributed by atoms with Gasteiger partial charge >= 0.3 is 0 Å². The number of fused-ring (bicyclic) bond motifs is 2. The third-order valence-corrected chi connectivity index (χ3v) is 4.16. The maximum atomic E-state index is 12.4. The van der Waals surface area contributed by atoms with Crippen LogP contribution < -0.4 is 14.8 Å². The predicted octanol–water partition coefficient (Wildman–Crippen LogP) is 2.13. The Kier molecular flexibility index (Phi) is 4.15. The molecule has 0 atom stereocenters. The highest BCUT2D eigenvalue weighted by molar-refractivity contribution is 6.32. The van der Waals surface area contributed by atoms with Crippen LogP contribution in [0.15, 0.2) is 36.5 Å². The Morgan fingerprint density at radius 2 is 2.12 bits per heavy atom. The van der Waals surface area contributed by atoms with Crippen molar-refractivity contribution in [2.45, 2.75) is 6.42 Å². The van der Waals surface area contributed by atoms with Crippen LogP contribution in [-0.2, 0) is 6.42 Å². The molecule has 1 amide bonds. The second-order valence-electron chi connectivity index (χ2n) is 5.53. The first kappa shape index (κ1) is 15.7. The van der Waals surface area contributed by atoms with Crippen LogP contribution in [0.2, 0.25) is 5.02 Å². The number of nitrogens with one attached hydrogen (secondary N) is 1. The summed E-state index contributed by atoms with van der Waals surface area (Å²) in [5.74, 6) is 1.54. The molecule has 0 fully saturated rings. The largest absolute Gasteiger partial charge is 0.486 e. The van der Waals surface area contributed by atoms with Crippen LogP contribution in [0.25, 0.3) is 5.65 Å². The van der Waals surface area contributed by atoms with E-state index in [9.17, 15) is 4.79 Å². The zero-order chi connectivity index (χ0) is 17.2. The van der Waals surface area contributed by atoms with Crippen LogP contribution in [0.4, 0.5) is 0 Å². The summed E-state index contributed by atoms with van der Waals surface area (Å²) in [6, 6.07) is 8.92. The third-order valence-electron chi connectivity index (χ3n) is 3.88. The van der Waals surface area contributed by atoms with E-state index in [1.807, 2.05) is 28.8 Å². The van der Waals surface area contributed by atoms with E-state index in [0.717, 1.165) is 11.5 Å². The van der Waals surface area contributed by atoms with E-state index in [4.69, 9.17) is 21.1 Å². The molecule has 0 radical (unpaired) electrons. The molecule has 1 aliphatic rings. The Hall–Kier alpha value is -2.80. The number of nitrogens with zero attached hydrogens (tertiary/aromatic N) is 3. The number of amides is 1. The summed E-state index contributed by atoms with van der Waals surface area (Å²) < 4.78 is 12.8. The molecule has 3 heterocycles. The molecule has 25 heavy (non-hydrogen) atoms. The van der Waals surface area contributed by atoms with Gasteiger partial charge in [-0.05, 0) is 24.3 Å². The van der Waals surface area contributed by atoms with E-state index in [2.05, 4.69) is 15.5 Å². The monoisotopic (exact) mass is 358 g/mol. The Labute approximate surface area is 148 Å². The van der Waals surface area contributed by atoms with Crippen molar-refractivity contribution < 1.29 is 14.3 Å². The van der Waals surface area contributed by atoms with Crippen LogP contribution in [-0.4, -0.2) is 40.3 Å². The van der Waals surface area contributed by atoms with E-state index in [1.54, 1.807) is 12.1 Å². The van der Waals surface area contributed by atoms with E-state index in [0.29, 0.717) is 48.3 Å². The minimum absolute atomic E-state index is 0.229. The molecule has 1 N–H and O–H groups in total. The number of hydrogen-bond donors (Lipinski definition) is 1. The van der Waals surface area contributed by atoms with Crippen LogP contribution in [0.5, 0.6) is 11.5 Å². The van der Waals surface area contributed by atoms with Crippen LogP contribution in [0.1, 0.15) is 16.2 Å². The van der Waals surface area contributed by atoms with E-state index >= 15 is 0 Å². The van der Waals surface area contributed by atoms with Gasteiger partial charge < -0.3 is 14.8 Å². The molecule has 0 unspecified atom stereocenters. The van der Waals surface area contributed by atoms with Gasteiger partial charge in [0.25, 0.3) is 5.91 Å². The van der Waals surface area contributed by atoms with Gasteiger partial charge in [0.15, 0.2) is 17.1 Å². The standard InChI is InChI=1S/C17H15ClN4O3/c18-12-9-11(10-13-16(12)25-8-7-24-13)17(23)19-5-4-15-21-20-14-3-1-2-6-22(14)15/h1-3,6,9-10H,4-5,7-8H2,(H,19,23). The summed E-state index contributed by atoms with van der Waals surface area (Å²) >= 11 is 6.17. The summed E-state index contributed by atoms with van der Waals surface area (Å²) in [5.41, 5.74) is 1.21. The lowest BCUT2D eigenvalue weighted by molar-refractivity contribution is 0.0952. The van der Waals surface area contributed by atoms with Gasteiger partial charge in [-0.2, -0.15) is 0 Å². The van der Waals surface area contributed by atoms with Gasteiger partial charge in [0.2, 0.25) is 0 Å². The minimum Gasteiger partial charge on any atom is -0.486 e. The quantitative estimate of drug-likeness (QED) is 0.773. The van der Waals surface area contributed by atoms with Crippen LogP contribution in [0.3, 0.4) is 0 Å². The number of halogens is 1. The zero-order valence-corrected chi connectivity index (χ0v) is 14.0. The zero-order valence-electron chi connectivity index (χ0n) is 13.2. The molecule has 2 aromatic heterocycles. The molecule has 8 heteroatoms. The molecule has 0 bridgehead atoms. The van der Waals surface area contributed by atoms with Gasteiger partial charge in [0.05, 0.1) is 5.02 Å². The van der Waals surface area contributed by atoms with Crippen molar-refractivity contribution in [2.75, 3.05) is 19.8 Å². The fourth-order valence-electron chi connectivity index (χ4n) is 2.69. The molecule has 0 saturated heterocycles. The smallest absolute Gasteiger partial charge is 0.251 e. The fourth-order valence-corrected chi connectivity index (χ4v) is 2.96. The lowest BCUT2D eigenvalue weighted by Gasteiger charge is -2.20. The molecule has 0 aliphatic carbocycles. The summed E-state index contributed by atoms with van der Waals surface area (Å²) in [6.07, 6.45) is 2.46. The lowest BCUT2D eigenvalue weighted by atomic mass is 10.1. The van der Waals surface area contributed by atoms with Crippen molar-refractivity contribution in [3.05, 3.63) is 52.9 Å². The Balaban J connectivity index is 1.43. The highest BCUT2D eigenvalue weighted by Gasteiger charge is 2.19. The van der Waals surface area contributed by atoms with Gasteiger partial charge in [-0.15, -0.1) is 10.2 Å². The summed E-state index contributed by atoms with van der Waals surface area (Å²) in [6.45, 7) is 1.32. The molecule has 3 aromatic rings. The number of pyridine rings is 1. The maximum Gasteiger partial charge on any atom is 0.251 e.